The van der Waals surface area contributed by atoms with Crippen LogP contribution in [-0.4, -0.2) is 11.1 Å². The van der Waals surface area contributed by atoms with Gasteiger partial charge >= 0.3 is 5.97 Å². The highest BCUT2D eigenvalue weighted by atomic mass is 79.9. The molecule has 110 valence electrons. The monoisotopic (exact) mass is 342 g/mol. The van der Waals surface area contributed by atoms with Crippen molar-refractivity contribution in [3.8, 4) is 0 Å². The van der Waals surface area contributed by atoms with Crippen LogP contribution in [0.25, 0.3) is 0 Å². The minimum atomic E-state index is -0.702. The van der Waals surface area contributed by atoms with E-state index >= 15 is 0 Å². The Bertz CT molecular complexity index is 513. The summed E-state index contributed by atoms with van der Waals surface area (Å²) in [5, 5.41) is 9.39. The molecule has 1 saturated carbocycles. The third kappa shape index (κ3) is 3.60. The van der Waals surface area contributed by atoms with Crippen molar-refractivity contribution in [1.82, 2.24) is 0 Å². The summed E-state index contributed by atoms with van der Waals surface area (Å²) >= 11 is 3.19. The van der Waals surface area contributed by atoms with Gasteiger partial charge in [0.05, 0.1) is 10.4 Å². The second kappa shape index (κ2) is 5.84. The number of carboxylic acids is 1. The maximum absolute atomic E-state index is 13.3. The topological polar surface area (TPSA) is 37.3 Å². The van der Waals surface area contributed by atoms with Crippen LogP contribution in [0.1, 0.15) is 38.7 Å². The molecule has 1 aromatic rings. The first-order valence-corrected chi connectivity index (χ1v) is 7.74. The van der Waals surface area contributed by atoms with Crippen molar-refractivity contribution >= 4 is 21.9 Å². The largest absolute Gasteiger partial charge is 0.481 e. The predicted molar refractivity (Wildman–Crippen MR) is 80.1 cm³/mol. The molecule has 1 aliphatic rings. The predicted octanol–water partition coefficient (Wildman–Crippen LogP) is 4.66. The maximum Gasteiger partial charge on any atom is 0.306 e. The molecule has 1 aliphatic carbocycles. The van der Waals surface area contributed by atoms with Crippen LogP contribution in [0.3, 0.4) is 0 Å². The van der Waals surface area contributed by atoms with Gasteiger partial charge in [0.15, 0.2) is 0 Å². The first-order chi connectivity index (χ1) is 9.28. The van der Waals surface area contributed by atoms with Crippen molar-refractivity contribution in [2.75, 3.05) is 0 Å². The van der Waals surface area contributed by atoms with Crippen molar-refractivity contribution in [2.45, 2.75) is 39.5 Å². The summed E-state index contributed by atoms with van der Waals surface area (Å²) in [5.74, 6) is -1.15. The normalized spacial score (nSPS) is 25.4. The smallest absolute Gasteiger partial charge is 0.306 e. The second-order valence-corrected chi connectivity index (χ2v) is 7.42. The van der Waals surface area contributed by atoms with Crippen LogP contribution in [0, 0.1) is 23.1 Å². The molecule has 2 nitrogen and oxygen atoms in total. The molecule has 0 aromatic heterocycles. The Labute approximate surface area is 127 Å². The minimum absolute atomic E-state index is 0.119. The van der Waals surface area contributed by atoms with Crippen LogP contribution >= 0.6 is 15.9 Å². The summed E-state index contributed by atoms with van der Waals surface area (Å²) in [6.45, 7) is 4.39. The fraction of sp³-hybridized carbons (Fsp3) is 0.562. The molecule has 2 atom stereocenters. The average Bonchev–Trinajstić information content (AvgIpc) is 2.32. The van der Waals surface area contributed by atoms with Crippen LogP contribution in [0.5, 0.6) is 0 Å². The molecule has 0 aliphatic heterocycles. The lowest BCUT2D eigenvalue weighted by Gasteiger charge is -2.39. The molecule has 1 N–H and O–H groups in total. The highest BCUT2D eigenvalue weighted by molar-refractivity contribution is 9.10. The number of halogens is 2. The van der Waals surface area contributed by atoms with Gasteiger partial charge in [-0.1, -0.05) is 19.9 Å². The standard InChI is InChI=1S/C16H20BrFO2/c1-16(2)6-5-12(15(19)20)11(9-16)7-10-3-4-14(18)13(17)8-10/h3-4,8,11-12H,5-7,9H2,1-2H3,(H,19,20). The number of aliphatic carboxylic acids is 1. The molecule has 0 radical (unpaired) electrons. The maximum atomic E-state index is 13.3. The summed E-state index contributed by atoms with van der Waals surface area (Å²) < 4.78 is 13.7. The molecule has 0 bridgehead atoms. The van der Waals surface area contributed by atoms with E-state index in [1.54, 1.807) is 12.1 Å². The Morgan fingerprint density at radius 3 is 2.80 bits per heavy atom. The van der Waals surface area contributed by atoms with Crippen LogP contribution in [0.15, 0.2) is 22.7 Å². The van der Waals surface area contributed by atoms with E-state index in [0.29, 0.717) is 10.9 Å². The molecule has 2 unspecified atom stereocenters. The average molecular weight is 343 g/mol. The summed E-state index contributed by atoms with van der Waals surface area (Å²) in [5.41, 5.74) is 1.18. The van der Waals surface area contributed by atoms with Crippen LogP contribution < -0.4 is 0 Å². The van der Waals surface area contributed by atoms with E-state index in [4.69, 9.17) is 0 Å². The van der Waals surface area contributed by atoms with Gasteiger partial charge in [-0.05, 0) is 70.6 Å². The van der Waals surface area contributed by atoms with Crippen molar-refractivity contribution in [2.24, 2.45) is 17.3 Å². The second-order valence-electron chi connectivity index (χ2n) is 6.56. The Kier molecular flexibility index (Phi) is 4.52. The van der Waals surface area contributed by atoms with E-state index in [-0.39, 0.29) is 23.1 Å². The Balaban J connectivity index is 2.18. The molecule has 0 saturated heterocycles. The minimum Gasteiger partial charge on any atom is -0.481 e. The zero-order valence-electron chi connectivity index (χ0n) is 11.8. The fourth-order valence-corrected chi connectivity index (χ4v) is 3.67. The Morgan fingerprint density at radius 2 is 2.20 bits per heavy atom. The molecule has 1 fully saturated rings. The van der Waals surface area contributed by atoms with Gasteiger partial charge in [0.2, 0.25) is 0 Å². The van der Waals surface area contributed by atoms with E-state index in [2.05, 4.69) is 29.8 Å². The summed E-state index contributed by atoms with van der Waals surface area (Å²) in [6.07, 6.45) is 3.28. The van der Waals surface area contributed by atoms with Gasteiger partial charge in [0, 0.05) is 0 Å². The molecular formula is C16H20BrFO2. The number of hydrogen-bond acceptors (Lipinski definition) is 1. The molecule has 1 aromatic carbocycles. The van der Waals surface area contributed by atoms with Gasteiger partial charge in [-0.15, -0.1) is 0 Å². The third-order valence-electron chi connectivity index (χ3n) is 4.32. The highest BCUT2D eigenvalue weighted by Gasteiger charge is 2.38. The number of rotatable bonds is 3. The Hall–Kier alpha value is -0.900. The molecule has 4 heteroatoms. The van der Waals surface area contributed by atoms with Gasteiger partial charge in [-0.2, -0.15) is 0 Å². The van der Waals surface area contributed by atoms with Crippen molar-refractivity contribution in [1.29, 1.82) is 0 Å². The molecule has 0 heterocycles. The van der Waals surface area contributed by atoms with Crippen LogP contribution in [0.4, 0.5) is 4.39 Å². The lowest BCUT2D eigenvalue weighted by Crippen LogP contribution is -2.35. The zero-order chi connectivity index (χ0) is 14.9. The molecule has 0 spiro atoms. The summed E-state index contributed by atoms with van der Waals surface area (Å²) in [6, 6.07) is 4.94. The molecular weight excluding hydrogens is 323 g/mol. The number of hydrogen-bond donors (Lipinski definition) is 1. The lowest BCUT2D eigenvalue weighted by atomic mass is 9.65. The summed E-state index contributed by atoms with van der Waals surface area (Å²) in [7, 11) is 0. The van der Waals surface area contributed by atoms with E-state index in [9.17, 15) is 14.3 Å². The SMILES string of the molecule is CC1(C)CCC(C(=O)O)C(Cc2ccc(F)c(Br)c2)C1. The van der Waals surface area contributed by atoms with Gasteiger partial charge in [-0.25, -0.2) is 4.39 Å². The van der Waals surface area contributed by atoms with Crippen LogP contribution in [0.2, 0.25) is 0 Å². The van der Waals surface area contributed by atoms with Crippen molar-refractivity contribution in [3.63, 3.8) is 0 Å². The van der Waals surface area contributed by atoms with Crippen molar-refractivity contribution < 1.29 is 14.3 Å². The number of carbonyl (C=O) groups is 1. The van der Waals surface area contributed by atoms with Gasteiger partial charge in [0.1, 0.15) is 5.82 Å². The van der Waals surface area contributed by atoms with Gasteiger partial charge < -0.3 is 5.11 Å². The fourth-order valence-electron chi connectivity index (χ4n) is 3.24. The van der Waals surface area contributed by atoms with E-state index < -0.39 is 5.97 Å². The lowest BCUT2D eigenvalue weighted by molar-refractivity contribution is -0.146. The van der Waals surface area contributed by atoms with Crippen LogP contribution in [-0.2, 0) is 11.2 Å². The molecule has 0 amide bonds. The first kappa shape index (κ1) is 15.5. The first-order valence-electron chi connectivity index (χ1n) is 6.95. The molecule has 20 heavy (non-hydrogen) atoms. The van der Waals surface area contributed by atoms with E-state index in [1.165, 1.54) is 6.07 Å². The van der Waals surface area contributed by atoms with Gasteiger partial charge in [-0.3, -0.25) is 4.79 Å². The quantitative estimate of drug-likeness (QED) is 0.867. The number of carboxylic acid groups (broad SMARTS) is 1. The highest BCUT2D eigenvalue weighted by Crippen LogP contribution is 2.43. The third-order valence-corrected chi connectivity index (χ3v) is 4.92. The van der Waals surface area contributed by atoms with E-state index in [0.717, 1.165) is 24.8 Å². The van der Waals surface area contributed by atoms with E-state index in [1.807, 2.05) is 0 Å². The molecule has 2 rings (SSSR count). The summed E-state index contributed by atoms with van der Waals surface area (Å²) in [4.78, 5) is 11.4. The zero-order valence-corrected chi connectivity index (χ0v) is 13.4. The van der Waals surface area contributed by atoms with Gasteiger partial charge in [0.25, 0.3) is 0 Å². The Morgan fingerprint density at radius 1 is 1.50 bits per heavy atom. The number of benzene rings is 1. The van der Waals surface area contributed by atoms with Crippen molar-refractivity contribution in [3.05, 3.63) is 34.1 Å².